The topological polar surface area (TPSA) is 123 Å². The van der Waals surface area contributed by atoms with Crippen molar-refractivity contribution in [2.24, 2.45) is 15.7 Å². The Bertz CT molecular complexity index is 1170. The van der Waals surface area contributed by atoms with Gasteiger partial charge in [0.05, 0.1) is 30.2 Å². The molecule has 5 N–H and O–H groups in total. The van der Waals surface area contributed by atoms with Crippen LogP contribution >= 0.6 is 0 Å². The molecule has 10 heteroatoms. The number of anilines is 3. The lowest BCUT2D eigenvalue weighted by molar-refractivity contribution is -0.119. The molecule has 1 atom stereocenters. The second-order valence-corrected chi connectivity index (χ2v) is 9.58. The highest BCUT2D eigenvalue weighted by molar-refractivity contribution is 6.14. The first-order valence-corrected chi connectivity index (χ1v) is 12.4. The van der Waals surface area contributed by atoms with Gasteiger partial charge in [0.25, 0.3) is 5.91 Å². The minimum absolute atomic E-state index is 0.162. The van der Waals surface area contributed by atoms with Crippen molar-refractivity contribution in [3.05, 3.63) is 60.4 Å². The average Bonchev–Trinajstić information content (AvgIpc) is 3.31. The van der Waals surface area contributed by atoms with Crippen molar-refractivity contribution in [2.75, 3.05) is 36.2 Å². The van der Waals surface area contributed by atoms with Crippen molar-refractivity contribution in [1.29, 1.82) is 0 Å². The maximum atomic E-state index is 13.3. The molecule has 1 fully saturated rings. The fourth-order valence-corrected chi connectivity index (χ4v) is 4.59. The number of carbonyl (C=O) groups excluding carboxylic acids is 1. The van der Waals surface area contributed by atoms with Gasteiger partial charge in [0.2, 0.25) is 0 Å². The van der Waals surface area contributed by atoms with E-state index in [9.17, 15) is 4.79 Å². The van der Waals surface area contributed by atoms with Crippen molar-refractivity contribution < 1.29 is 4.79 Å². The summed E-state index contributed by atoms with van der Waals surface area (Å²) in [6.45, 7) is 0.330. The number of para-hydroxylation sites is 1. The number of amides is 1. The van der Waals surface area contributed by atoms with E-state index in [-0.39, 0.29) is 18.0 Å². The molecule has 0 spiro atoms. The van der Waals surface area contributed by atoms with Gasteiger partial charge in [-0.3, -0.25) is 25.2 Å². The van der Waals surface area contributed by atoms with Crippen molar-refractivity contribution in [3.8, 4) is 0 Å². The van der Waals surface area contributed by atoms with Crippen LogP contribution in [0.25, 0.3) is 0 Å². The van der Waals surface area contributed by atoms with E-state index in [2.05, 4.69) is 21.0 Å². The standard InChI is InChI=1S/C26H33N9O/c1-34(2)24-13-12-20(15-28-24)32-26(36)22-16-29-25-21(30-18-6-4-3-5-7-18)14-23(33-35(22)25)31-19-10-8-17(27)9-11-19/h3-7,12-15,17,19,22,30H,8-11,16,27H2,1-2H3,(H,31,33)(H,32,36). The maximum Gasteiger partial charge on any atom is 0.251 e. The lowest BCUT2D eigenvalue weighted by atomic mass is 9.92. The number of hydrogen-bond donors (Lipinski definition) is 4. The molecule has 36 heavy (non-hydrogen) atoms. The van der Waals surface area contributed by atoms with Crippen LogP contribution < -0.4 is 26.7 Å². The molecule has 5 rings (SSSR count). The lowest BCUT2D eigenvalue weighted by Crippen LogP contribution is -2.57. The summed E-state index contributed by atoms with van der Waals surface area (Å²) < 4.78 is 0. The number of hydrazine groups is 1. The first-order valence-electron chi connectivity index (χ1n) is 12.4. The zero-order valence-corrected chi connectivity index (χ0v) is 20.7. The number of pyridine rings is 1. The van der Waals surface area contributed by atoms with Crippen LogP contribution in [0.4, 0.5) is 17.2 Å². The number of nitrogens with two attached hydrogens (primary N) is 1. The van der Waals surface area contributed by atoms with Gasteiger partial charge in [0.15, 0.2) is 11.9 Å². The molecule has 0 bridgehead atoms. The summed E-state index contributed by atoms with van der Waals surface area (Å²) in [5.74, 6) is 2.06. The smallest absolute Gasteiger partial charge is 0.251 e. The second-order valence-electron chi connectivity index (χ2n) is 9.58. The van der Waals surface area contributed by atoms with E-state index >= 15 is 0 Å². The molecule has 1 saturated carbocycles. The quantitative estimate of drug-likeness (QED) is 0.493. The molecule has 1 amide bonds. The van der Waals surface area contributed by atoms with E-state index in [1.165, 1.54) is 0 Å². The summed E-state index contributed by atoms with van der Waals surface area (Å²) >= 11 is 0. The number of rotatable bonds is 6. The van der Waals surface area contributed by atoms with Gasteiger partial charge in [-0.2, -0.15) is 0 Å². The van der Waals surface area contributed by atoms with E-state index in [4.69, 9.17) is 15.7 Å². The van der Waals surface area contributed by atoms with Crippen LogP contribution in [0.5, 0.6) is 0 Å². The fraction of sp³-hybridized carbons (Fsp3) is 0.385. The number of carbonyl (C=O) groups is 1. The van der Waals surface area contributed by atoms with Crippen molar-refractivity contribution in [2.45, 2.75) is 43.8 Å². The van der Waals surface area contributed by atoms with Crippen LogP contribution in [-0.2, 0) is 4.79 Å². The van der Waals surface area contributed by atoms with Gasteiger partial charge in [0, 0.05) is 31.9 Å². The largest absolute Gasteiger partial charge is 0.363 e. The number of aromatic nitrogens is 1. The normalized spacial score (nSPS) is 24.4. The molecular weight excluding hydrogens is 454 g/mol. The molecule has 1 aromatic heterocycles. The molecule has 10 nitrogen and oxygen atoms in total. The molecule has 1 aromatic carbocycles. The highest BCUT2D eigenvalue weighted by Gasteiger charge is 2.38. The van der Waals surface area contributed by atoms with Gasteiger partial charge in [-0.15, -0.1) is 0 Å². The Morgan fingerprint density at radius 1 is 1.11 bits per heavy atom. The summed E-state index contributed by atoms with van der Waals surface area (Å²) in [6, 6.07) is 13.6. The second kappa shape index (κ2) is 10.4. The Labute approximate surface area is 211 Å². The highest BCUT2D eigenvalue weighted by atomic mass is 16.2. The minimum Gasteiger partial charge on any atom is -0.363 e. The van der Waals surface area contributed by atoms with Crippen molar-refractivity contribution in [1.82, 2.24) is 15.4 Å². The molecule has 188 valence electrons. The SMILES string of the molecule is CN(C)c1ccc(NC(=O)C2CN=C3C(Nc4ccccc4)=CC(=NC4CCC(N)CC4)NN32)cn1. The Morgan fingerprint density at radius 2 is 1.89 bits per heavy atom. The zero-order valence-electron chi connectivity index (χ0n) is 20.7. The molecule has 1 unspecified atom stereocenters. The molecule has 2 aliphatic heterocycles. The van der Waals surface area contributed by atoms with Gasteiger partial charge in [-0.1, -0.05) is 18.2 Å². The minimum atomic E-state index is -0.528. The number of nitrogens with zero attached hydrogens (tertiary/aromatic N) is 5. The van der Waals surface area contributed by atoms with Crippen LogP contribution in [0.3, 0.4) is 0 Å². The summed E-state index contributed by atoms with van der Waals surface area (Å²) in [4.78, 5) is 29.3. The van der Waals surface area contributed by atoms with Crippen molar-refractivity contribution in [3.63, 3.8) is 0 Å². The Hall–Kier alpha value is -3.92. The van der Waals surface area contributed by atoms with E-state index in [1.54, 1.807) is 6.20 Å². The van der Waals surface area contributed by atoms with Crippen LogP contribution in [0.2, 0.25) is 0 Å². The van der Waals surface area contributed by atoms with Crippen LogP contribution in [-0.4, -0.2) is 66.3 Å². The van der Waals surface area contributed by atoms with Crippen LogP contribution in [0.1, 0.15) is 25.7 Å². The first kappa shape index (κ1) is 23.8. The van der Waals surface area contributed by atoms with Gasteiger partial charge in [-0.25, -0.2) is 4.98 Å². The van der Waals surface area contributed by atoms with Gasteiger partial charge < -0.3 is 21.3 Å². The van der Waals surface area contributed by atoms with E-state index < -0.39 is 6.04 Å². The molecule has 1 aliphatic carbocycles. The number of fused-ring (bicyclic) bond motifs is 1. The van der Waals surface area contributed by atoms with Crippen LogP contribution in [0, 0.1) is 0 Å². The van der Waals surface area contributed by atoms with Gasteiger partial charge >= 0.3 is 0 Å². The molecular formula is C26H33N9O. The summed E-state index contributed by atoms with van der Waals surface area (Å²) in [7, 11) is 3.85. The average molecular weight is 488 g/mol. The summed E-state index contributed by atoms with van der Waals surface area (Å²) in [5, 5.41) is 8.25. The predicted molar refractivity (Wildman–Crippen MR) is 144 cm³/mol. The molecule has 2 aromatic rings. The monoisotopic (exact) mass is 487 g/mol. The Balaban J connectivity index is 1.36. The summed E-state index contributed by atoms with van der Waals surface area (Å²) in [6.07, 6.45) is 7.51. The van der Waals surface area contributed by atoms with Crippen LogP contribution in [0.15, 0.2) is 70.4 Å². The first-order chi connectivity index (χ1) is 17.5. The van der Waals surface area contributed by atoms with E-state index in [0.717, 1.165) is 42.9 Å². The number of benzene rings is 1. The Kier molecular flexibility index (Phi) is 6.86. The van der Waals surface area contributed by atoms with E-state index in [1.807, 2.05) is 72.5 Å². The molecule has 0 saturated heterocycles. The number of hydrogen-bond acceptors (Lipinski definition) is 8. The molecule has 0 radical (unpaired) electrons. The summed E-state index contributed by atoms with van der Waals surface area (Å²) in [5.41, 5.74) is 11.8. The van der Waals surface area contributed by atoms with E-state index in [0.29, 0.717) is 23.9 Å². The fourth-order valence-electron chi connectivity index (χ4n) is 4.59. The van der Waals surface area contributed by atoms with Crippen molar-refractivity contribution >= 4 is 34.8 Å². The third kappa shape index (κ3) is 5.33. The number of amidine groups is 2. The zero-order chi connectivity index (χ0) is 25.1. The predicted octanol–water partition coefficient (Wildman–Crippen LogP) is 2.35. The van der Waals surface area contributed by atoms with Gasteiger partial charge in [0.1, 0.15) is 11.7 Å². The number of nitrogens with one attached hydrogen (secondary N) is 3. The maximum absolute atomic E-state index is 13.3. The van der Waals surface area contributed by atoms with Gasteiger partial charge in [-0.05, 0) is 49.9 Å². The third-order valence-electron chi connectivity index (χ3n) is 6.60. The molecule has 3 aliphatic rings. The molecule has 3 heterocycles. The number of aliphatic imine (C=N–C) groups is 2. The highest BCUT2D eigenvalue weighted by Crippen LogP contribution is 2.24. The third-order valence-corrected chi connectivity index (χ3v) is 6.60. The lowest BCUT2D eigenvalue weighted by Gasteiger charge is -2.33. The Morgan fingerprint density at radius 3 is 2.58 bits per heavy atom.